The Kier molecular flexibility index (Phi) is 5.19. The van der Waals surface area contributed by atoms with E-state index in [1.807, 2.05) is 39.8 Å². The fraction of sp³-hybridized carbons (Fsp3) is 0.455. The lowest BCUT2D eigenvalue weighted by atomic mass is 9.86. The number of hydrogen-bond donors (Lipinski definition) is 0. The molecule has 0 aliphatic rings. The lowest BCUT2D eigenvalue weighted by Gasteiger charge is -2.23. The zero-order chi connectivity index (χ0) is 19.9. The van der Waals surface area contributed by atoms with Crippen LogP contribution in [-0.2, 0) is 17.0 Å². The van der Waals surface area contributed by atoms with E-state index < -0.39 is 11.7 Å². The Bertz CT molecular complexity index is 791. The number of alkyl halides is 3. The van der Waals surface area contributed by atoms with Crippen molar-refractivity contribution in [3.63, 3.8) is 0 Å². The van der Waals surface area contributed by atoms with Gasteiger partial charge in [0.05, 0.1) is 5.56 Å². The molecule has 0 aromatic heterocycles. The smallest absolute Gasteiger partial charge is 0.419 e. The Balaban J connectivity index is 2.47. The van der Waals surface area contributed by atoms with Crippen LogP contribution in [0.25, 0.3) is 0 Å². The Morgan fingerprint density at radius 2 is 1.15 bits per heavy atom. The van der Waals surface area contributed by atoms with Crippen LogP contribution in [0.5, 0.6) is 11.5 Å². The van der Waals surface area contributed by atoms with Crippen LogP contribution in [0, 0.1) is 6.92 Å². The summed E-state index contributed by atoms with van der Waals surface area (Å²) in [6.07, 6.45) is -4.48. The fourth-order valence-corrected chi connectivity index (χ4v) is 2.66. The minimum atomic E-state index is -4.48. The van der Waals surface area contributed by atoms with Gasteiger partial charge in [0.25, 0.3) is 0 Å². The van der Waals surface area contributed by atoms with Gasteiger partial charge in [-0.1, -0.05) is 59.7 Å². The molecule has 0 N–H and O–H groups in total. The Morgan fingerprint density at radius 1 is 0.692 bits per heavy atom. The van der Waals surface area contributed by atoms with Gasteiger partial charge in [-0.05, 0) is 52.6 Å². The quantitative estimate of drug-likeness (QED) is 0.539. The minimum absolute atomic E-state index is 0.0330. The molecule has 0 amide bonds. The third-order valence-electron chi connectivity index (χ3n) is 4.41. The molecular weight excluding hydrogens is 337 g/mol. The van der Waals surface area contributed by atoms with Crippen LogP contribution in [0.3, 0.4) is 0 Å². The molecule has 4 heteroatoms. The molecule has 1 nitrogen and oxygen atoms in total. The number of aryl methyl sites for hydroxylation is 1. The number of hydrogen-bond acceptors (Lipinski definition) is 1. The van der Waals surface area contributed by atoms with E-state index in [0.717, 1.165) is 11.1 Å². The highest BCUT2D eigenvalue weighted by molar-refractivity contribution is 5.46. The second-order valence-corrected chi connectivity index (χ2v) is 8.79. The maximum absolute atomic E-state index is 13.6. The van der Waals surface area contributed by atoms with Crippen LogP contribution in [0.2, 0.25) is 0 Å². The summed E-state index contributed by atoms with van der Waals surface area (Å²) in [6, 6.07) is 9.91. The standard InChI is InChI=1S/C22H27F3O/c1-14-12-15(20(2,3)4)8-10-18(14)26-19-11-9-16(21(5,6)7)13-17(19)22(23,24)25/h8-13H,1-7H3. The summed E-state index contributed by atoms with van der Waals surface area (Å²) in [5.41, 5.74) is 1.39. The largest absolute Gasteiger partial charge is 0.456 e. The van der Waals surface area contributed by atoms with Crippen LogP contribution < -0.4 is 4.74 Å². The highest BCUT2D eigenvalue weighted by Gasteiger charge is 2.36. The molecule has 0 radical (unpaired) electrons. The summed E-state index contributed by atoms with van der Waals surface area (Å²) in [6.45, 7) is 13.8. The molecule has 0 fully saturated rings. The zero-order valence-electron chi connectivity index (χ0n) is 16.5. The van der Waals surface area contributed by atoms with Gasteiger partial charge in [-0.15, -0.1) is 0 Å². The van der Waals surface area contributed by atoms with Crippen LogP contribution in [0.1, 0.15) is 63.8 Å². The first-order valence-electron chi connectivity index (χ1n) is 8.70. The second kappa shape index (κ2) is 6.64. The number of ether oxygens (including phenoxy) is 1. The van der Waals surface area contributed by atoms with Gasteiger partial charge in [-0.25, -0.2) is 0 Å². The highest BCUT2D eigenvalue weighted by Crippen LogP contribution is 2.41. The SMILES string of the molecule is Cc1cc(C(C)(C)C)ccc1Oc1ccc(C(C)(C)C)cc1C(F)(F)F. The molecule has 0 saturated heterocycles. The van der Waals surface area contributed by atoms with Crippen LogP contribution in [0.15, 0.2) is 36.4 Å². The van der Waals surface area contributed by atoms with Gasteiger partial charge in [-0.2, -0.15) is 13.2 Å². The maximum atomic E-state index is 13.6. The molecule has 2 aromatic rings. The summed E-state index contributed by atoms with van der Waals surface area (Å²) < 4.78 is 46.4. The van der Waals surface area contributed by atoms with E-state index >= 15 is 0 Å². The molecule has 142 valence electrons. The first-order valence-corrected chi connectivity index (χ1v) is 8.70. The van der Waals surface area contributed by atoms with E-state index in [4.69, 9.17) is 4.74 Å². The predicted molar refractivity (Wildman–Crippen MR) is 100 cm³/mol. The van der Waals surface area contributed by atoms with Crippen molar-refractivity contribution in [3.8, 4) is 11.5 Å². The molecular formula is C22H27F3O. The van der Waals surface area contributed by atoms with E-state index in [0.29, 0.717) is 11.3 Å². The van der Waals surface area contributed by atoms with Crippen molar-refractivity contribution in [1.82, 2.24) is 0 Å². The molecule has 0 bridgehead atoms. The van der Waals surface area contributed by atoms with Crippen molar-refractivity contribution in [3.05, 3.63) is 58.7 Å². The maximum Gasteiger partial charge on any atom is 0.419 e. The van der Waals surface area contributed by atoms with Gasteiger partial charge in [-0.3, -0.25) is 0 Å². The average Bonchev–Trinajstić information content (AvgIpc) is 2.46. The van der Waals surface area contributed by atoms with E-state index in [9.17, 15) is 13.2 Å². The minimum Gasteiger partial charge on any atom is -0.456 e. The van der Waals surface area contributed by atoms with Crippen molar-refractivity contribution in [2.45, 2.75) is 65.5 Å². The van der Waals surface area contributed by atoms with Gasteiger partial charge < -0.3 is 4.74 Å². The van der Waals surface area contributed by atoms with E-state index in [2.05, 4.69) is 20.8 Å². The Labute approximate surface area is 154 Å². The lowest BCUT2D eigenvalue weighted by Crippen LogP contribution is -2.15. The summed E-state index contributed by atoms with van der Waals surface area (Å²) in [5.74, 6) is 0.268. The molecule has 0 aliphatic heterocycles. The van der Waals surface area contributed by atoms with Gasteiger partial charge in [0.15, 0.2) is 0 Å². The second-order valence-electron chi connectivity index (χ2n) is 8.79. The number of rotatable bonds is 2. The van der Waals surface area contributed by atoms with Gasteiger partial charge >= 0.3 is 6.18 Å². The first kappa shape index (κ1) is 20.3. The summed E-state index contributed by atoms with van der Waals surface area (Å²) in [5, 5.41) is 0. The topological polar surface area (TPSA) is 9.23 Å². The molecule has 26 heavy (non-hydrogen) atoms. The van der Waals surface area contributed by atoms with Crippen LogP contribution in [0.4, 0.5) is 13.2 Å². The van der Waals surface area contributed by atoms with Gasteiger partial charge in [0, 0.05) is 0 Å². The highest BCUT2D eigenvalue weighted by atomic mass is 19.4. The van der Waals surface area contributed by atoms with E-state index in [1.54, 1.807) is 12.1 Å². The average molecular weight is 364 g/mol. The summed E-state index contributed by atoms with van der Waals surface area (Å²) in [4.78, 5) is 0. The summed E-state index contributed by atoms with van der Waals surface area (Å²) in [7, 11) is 0. The third-order valence-corrected chi connectivity index (χ3v) is 4.41. The first-order chi connectivity index (χ1) is 11.7. The van der Waals surface area contributed by atoms with Gasteiger partial charge in [0.1, 0.15) is 11.5 Å². The Hall–Kier alpha value is -1.97. The molecule has 0 spiro atoms. The molecule has 2 rings (SSSR count). The van der Waals surface area contributed by atoms with Crippen molar-refractivity contribution < 1.29 is 17.9 Å². The molecule has 0 heterocycles. The number of halogens is 3. The molecule has 0 atom stereocenters. The van der Waals surface area contributed by atoms with E-state index in [-0.39, 0.29) is 16.6 Å². The Morgan fingerprint density at radius 3 is 1.58 bits per heavy atom. The molecule has 0 saturated carbocycles. The normalized spacial score (nSPS) is 13.0. The monoisotopic (exact) mass is 364 g/mol. The summed E-state index contributed by atoms with van der Waals surface area (Å²) >= 11 is 0. The van der Waals surface area contributed by atoms with Crippen molar-refractivity contribution in [2.75, 3.05) is 0 Å². The predicted octanol–water partition coefficient (Wildman–Crippen LogP) is 7.40. The number of benzene rings is 2. The van der Waals surface area contributed by atoms with Crippen LogP contribution in [-0.4, -0.2) is 0 Å². The molecule has 0 unspecified atom stereocenters. The fourth-order valence-electron chi connectivity index (χ4n) is 2.66. The van der Waals surface area contributed by atoms with Crippen LogP contribution >= 0.6 is 0 Å². The molecule has 0 aliphatic carbocycles. The third kappa shape index (κ3) is 4.60. The van der Waals surface area contributed by atoms with Crippen molar-refractivity contribution >= 4 is 0 Å². The lowest BCUT2D eigenvalue weighted by molar-refractivity contribution is -0.138. The van der Waals surface area contributed by atoms with E-state index in [1.165, 1.54) is 12.1 Å². The zero-order valence-corrected chi connectivity index (χ0v) is 16.5. The van der Waals surface area contributed by atoms with Crippen molar-refractivity contribution in [1.29, 1.82) is 0 Å². The van der Waals surface area contributed by atoms with Gasteiger partial charge in [0.2, 0.25) is 0 Å². The van der Waals surface area contributed by atoms with Crippen molar-refractivity contribution in [2.24, 2.45) is 0 Å². The molecule has 2 aromatic carbocycles.